The lowest BCUT2D eigenvalue weighted by Gasteiger charge is -2.03. The van der Waals surface area contributed by atoms with Crippen LogP contribution in [0.5, 0.6) is 0 Å². The van der Waals surface area contributed by atoms with Gasteiger partial charge in [-0.25, -0.2) is 0 Å². The molecule has 2 heteroatoms. The Kier molecular flexibility index (Phi) is 0.891. The molecule has 2 aliphatic rings. The second-order valence-electron chi connectivity index (χ2n) is 2.56. The van der Waals surface area contributed by atoms with Crippen LogP contribution >= 0.6 is 0 Å². The summed E-state index contributed by atoms with van der Waals surface area (Å²) in [4.78, 5) is 10.6. The Bertz CT molecular complexity index is 172. The molecule has 0 saturated carbocycles. The van der Waals surface area contributed by atoms with Crippen molar-refractivity contribution in [2.45, 2.75) is 18.9 Å². The quantitative estimate of drug-likeness (QED) is 0.354. The van der Waals surface area contributed by atoms with E-state index in [0.717, 1.165) is 6.42 Å². The van der Waals surface area contributed by atoms with Gasteiger partial charge in [0.1, 0.15) is 6.10 Å². The molecule has 2 rings (SSSR count). The minimum atomic E-state index is -0.0330. The third-order valence-electron chi connectivity index (χ3n) is 1.91. The minimum Gasteiger partial charge on any atom is -0.461 e. The molecule has 0 radical (unpaired) electrons. The van der Waals surface area contributed by atoms with Crippen LogP contribution in [0.1, 0.15) is 12.8 Å². The summed E-state index contributed by atoms with van der Waals surface area (Å²) in [5.41, 5.74) is 0. The molecule has 1 aliphatic heterocycles. The van der Waals surface area contributed by atoms with E-state index in [2.05, 4.69) is 12.2 Å². The van der Waals surface area contributed by atoms with E-state index in [1.807, 2.05) is 0 Å². The number of hydrogen-bond acceptors (Lipinski definition) is 2. The van der Waals surface area contributed by atoms with Crippen LogP contribution in [0, 0.1) is 5.92 Å². The van der Waals surface area contributed by atoms with Crippen LogP contribution in [0.3, 0.4) is 0 Å². The smallest absolute Gasteiger partial charge is 0.306 e. The molecule has 0 aromatic carbocycles. The normalized spacial score (nSPS) is 38.9. The first-order valence-electron chi connectivity index (χ1n) is 3.22. The van der Waals surface area contributed by atoms with Gasteiger partial charge in [0, 0.05) is 12.3 Å². The molecule has 0 aromatic heterocycles. The van der Waals surface area contributed by atoms with Gasteiger partial charge in [0.05, 0.1) is 6.42 Å². The molecule has 2 nitrogen and oxygen atoms in total. The number of carbonyl (C=O) groups is 1. The van der Waals surface area contributed by atoms with Crippen LogP contribution in [-0.2, 0) is 9.53 Å². The summed E-state index contributed by atoms with van der Waals surface area (Å²) in [6.45, 7) is 0. The molecule has 1 saturated heterocycles. The van der Waals surface area contributed by atoms with E-state index in [-0.39, 0.29) is 12.1 Å². The fourth-order valence-electron chi connectivity index (χ4n) is 1.43. The SMILES string of the molecule is O=C1C[C@H]2C=CC[C@H]2O1. The highest BCUT2D eigenvalue weighted by atomic mass is 16.5. The molecule has 0 amide bonds. The fraction of sp³-hybridized carbons (Fsp3) is 0.571. The predicted molar refractivity (Wildman–Crippen MR) is 31.7 cm³/mol. The zero-order valence-electron chi connectivity index (χ0n) is 5.04. The number of rotatable bonds is 0. The Labute approximate surface area is 53.5 Å². The van der Waals surface area contributed by atoms with E-state index in [1.165, 1.54) is 0 Å². The largest absolute Gasteiger partial charge is 0.461 e. The minimum absolute atomic E-state index is 0.0330. The molecule has 0 N–H and O–H groups in total. The van der Waals surface area contributed by atoms with E-state index in [9.17, 15) is 4.79 Å². The first-order chi connectivity index (χ1) is 4.36. The van der Waals surface area contributed by atoms with Crippen molar-refractivity contribution < 1.29 is 9.53 Å². The maximum atomic E-state index is 10.6. The summed E-state index contributed by atoms with van der Waals surface area (Å²) in [7, 11) is 0. The maximum Gasteiger partial charge on any atom is 0.306 e. The van der Waals surface area contributed by atoms with Crippen molar-refractivity contribution in [3.63, 3.8) is 0 Å². The Morgan fingerprint density at radius 3 is 3.33 bits per heavy atom. The van der Waals surface area contributed by atoms with Gasteiger partial charge in [0.25, 0.3) is 0 Å². The van der Waals surface area contributed by atoms with Gasteiger partial charge < -0.3 is 4.74 Å². The zero-order chi connectivity index (χ0) is 6.27. The highest BCUT2D eigenvalue weighted by Gasteiger charge is 2.34. The van der Waals surface area contributed by atoms with Gasteiger partial charge in [-0.05, 0) is 0 Å². The van der Waals surface area contributed by atoms with Crippen LogP contribution in [0.4, 0.5) is 0 Å². The third kappa shape index (κ3) is 0.661. The average Bonchev–Trinajstić information content (AvgIpc) is 2.22. The summed E-state index contributed by atoms with van der Waals surface area (Å²) in [5.74, 6) is 0.367. The summed E-state index contributed by atoms with van der Waals surface area (Å²) in [6.07, 6.45) is 5.88. The van der Waals surface area contributed by atoms with Crippen molar-refractivity contribution in [2.75, 3.05) is 0 Å². The van der Waals surface area contributed by atoms with Gasteiger partial charge in [0.15, 0.2) is 0 Å². The van der Waals surface area contributed by atoms with Crippen molar-refractivity contribution in [3.8, 4) is 0 Å². The van der Waals surface area contributed by atoms with Gasteiger partial charge in [-0.15, -0.1) is 0 Å². The third-order valence-corrected chi connectivity index (χ3v) is 1.91. The second-order valence-corrected chi connectivity index (χ2v) is 2.56. The topological polar surface area (TPSA) is 26.3 Å². The molecule has 0 unspecified atom stereocenters. The van der Waals surface area contributed by atoms with Crippen molar-refractivity contribution in [2.24, 2.45) is 5.92 Å². The van der Waals surface area contributed by atoms with E-state index < -0.39 is 0 Å². The highest BCUT2D eigenvalue weighted by molar-refractivity contribution is 5.72. The molecule has 9 heavy (non-hydrogen) atoms. The Morgan fingerprint density at radius 1 is 1.67 bits per heavy atom. The van der Waals surface area contributed by atoms with E-state index in [0.29, 0.717) is 12.3 Å². The van der Waals surface area contributed by atoms with Crippen molar-refractivity contribution >= 4 is 5.97 Å². The van der Waals surface area contributed by atoms with Crippen LogP contribution < -0.4 is 0 Å². The van der Waals surface area contributed by atoms with Gasteiger partial charge >= 0.3 is 5.97 Å². The average molecular weight is 124 g/mol. The zero-order valence-corrected chi connectivity index (χ0v) is 5.04. The number of esters is 1. The number of carbonyl (C=O) groups excluding carboxylic acids is 1. The maximum absolute atomic E-state index is 10.6. The van der Waals surface area contributed by atoms with Crippen molar-refractivity contribution in [1.29, 1.82) is 0 Å². The second kappa shape index (κ2) is 1.59. The molecule has 0 aromatic rings. The Morgan fingerprint density at radius 2 is 2.56 bits per heavy atom. The molecule has 0 spiro atoms. The van der Waals surface area contributed by atoms with Crippen LogP contribution in [-0.4, -0.2) is 12.1 Å². The molecule has 1 aliphatic carbocycles. The Balaban J connectivity index is 2.17. The predicted octanol–water partition coefficient (Wildman–Crippen LogP) is 0.878. The van der Waals surface area contributed by atoms with E-state index in [1.54, 1.807) is 0 Å². The van der Waals surface area contributed by atoms with Gasteiger partial charge in [-0.3, -0.25) is 4.79 Å². The standard InChI is InChI=1S/C7H8O2/c8-7-4-5-2-1-3-6(5)9-7/h1-2,5-6H,3-4H2/t5-,6-/m1/s1. The van der Waals surface area contributed by atoms with Gasteiger partial charge in [-0.2, -0.15) is 0 Å². The lowest BCUT2D eigenvalue weighted by atomic mass is 10.1. The number of hydrogen-bond donors (Lipinski definition) is 0. The molecule has 48 valence electrons. The summed E-state index contributed by atoms with van der Waals surface area (Å²) >= 11 is 0. The van der Waals surface area contributed by atoms with E-state index in [4.69, 9.17) is 4.74 Å². The summed E-state index contributed by atoms with van der Waals surface area (Å²) in [6, 6.07) is 0. The van der Waals surface area contributed by atoms with Crippen molar-refractivity contribution in [3.05, 3.63) is 12.2 Å². The number of fused-ring (bicyclic) bond motifs is 1. The molecule has 1 fully saturated rings. The first kappa shape index (κ1) is 5.03. The van der Waals surface area contributed by atoms with Crippen LogP contribution in [0.25, 0.3) is 0 Å². The Hall–Kier alpha value is -0.790. The lowest BCUT2D eigenvalue weighted by molar-refractivity contribution is -0.141. The lowest BCUT2D eigenvalue weighted by Crippen LogP contribution is -2.07. The van der Waals surface area contributed by atoms with Gasteiger partial charge in [0.2, 0.25) is 0 Å². The molecular formula is C7H8O2. The monoisotopic (exact) mass is 124 g/mol. The van der Waals surface area contributed by atoms with Gasteiger partial charge in [-0.1, -0.05) is 12.2 Å². The summed E-state index contributed by atoms with van der Waals surface area (Å²) in [5, 5.41) is 0. The van der Waals surface area contributed by atoms with Crippen LogP contribution in [0.2, 0.25) is 0 Å². The molecular weight excluding hydrogens is 116 g/mol. The summed E-state index contributed by atoms with van der Waals surface area (Å²) < 4.78 is 4.98. The fourth-order valence-corrected chi connectivity index (χ4v) is 1.43. The van der Waals surface area contributed by atoms with Crippen molar-refractivity contribution in [1.82, 2.24) is 0 Å². The molecule has 0 bridgehead atoms. The molecule has 1 heterocycles. The highest BCUT2D eigenvalue weighted by Crippen LogP contribution is 2.30. The first-order valence-corrected chi connectivity index (χ1v) is 3.22. The molecule has 2 atom stereocenters. The van der Waals surface area contributed by atoms with Crippen LogP contribution in [0.15, 0.2) is 12.2 Å². The van der Waals surface area contributed by atoms with E-state index >= 15 is 0 Å². The number of ether oxygens (including phenoxy) is 1.